The van der Waals surface area contributed by atoms with Gasteiger partial charge in [-0.3, -0.25) is 4.79 Å². The van der Waals surface area contributed by atoms with Crippen molar-refractivity contribution in [2.75, 3.05) is 7.11 Å². The number of fused-ring (bicyclic) bond motifs is 1. The summed E-state index contributed by atoms with van der Waals surface area (Å²) in [6.45, 7) is 1.74. The molecular formula is C21H17N3O3S. The lowest BCUT2D eigenvalue weighted by Gasteiger charge is -2.06. The molecule has 0 radical (unpaired) electrons. The molecule has 0 amide bonds. The minimum atomic E-state index is -0.225. The van der Waals surface area contributed by atoms with Crippen LogP contribution in [0.15, 0.2) is 63.8 Å². The quantitative estimate of drug-likeness (QED) is 0.533. The first kappa shape index (κ1) is 17.9. The molecule has 0 saturated heterocycles. The van der Waals surface area contributed by atoms with Crippen molar-refractivity contribution in [1.82, 2.24) is 9.66 Å². The Kier molecular flexibility index (Phi) is 4.67. The summed E-state index contributed by atoms with van der Waals surface area (Å²) in [5.41, 5.74) is 2.23. The molecule has 2 aromatic carbocycles. The van der Waals surface area contributed by atoms with Gasteiger partial charge >= 0.3 is 0 Å². The lowest BCUT2D eigenvalue weighted by Crippen LogP contribution is -2.20. The molecule has 0 fully saturated rings. The van der Waals surface area contributed by atoms with Gasteiger partial charge in [-0.15, -0.1) is 11.3 Å². The summed E-state index contributed by atoms with van der Waals surface area (Å²) in [6.07, 6.45) is 1.51. The normalized spacial score (nSPS) is 11.4. The second kappa shape index (κ2) is 7.28. The minimum Gasteiger partial charge on any atom is -0.504 e. The number of phenols is 1. The van der Waals surface area contributed by atoms with E-state index in [2.05, 4.69) is 10.1 Å². The third kappa shape index (κ3) is 3.16. The number of nitrogens with zero attached hydrogens (tertiary/aromatic N) is 3. The Bertz CT molecular complexity index is 1240. The summed E-state index contributed by atoms with van der Waals surface area (Å²) >= 11 is 1.44. The Morgan fingerprint density at radius 2 is 2.00 bits per heavy atom. The Hall–Kier alpha value is -3.45. The van der Waals surface area contributed by atoms with Crippen molar-refractivity contribution in [3.8, 4) is 22.6 Å². The first-order valence-electron chi connectivity index (χ1n) is 8.56. The number of hydrogen-bond acceptors (Lipinski definition) is 6. The molecule has 0 bridgehead atoms. The monoisotopic (exact) mass is 391 g/mol. The van der Waals surface area contributed by atoms with Gasteiger partial charge in [-0.2, -0.15) is 9.78 Å². The van der Waals surface area contributed by atoms with E-state index in [4.69, 9.17) is 4.74 Å². The van der Waals surface area contributed by atoms with Gasteiger partial charge in [-0.05, 0) is 36.2 Å². The molecule has 2 heterocycles. The molecule has 0 aliphatic heterocycles. The van der Waals surface area contributed by atoms with Gasteiger partial charge < -0.3 is 9.84 Å². The summed E-state index contributed by atoms with van der Waals surface area (Å²) in [6, 6.07) is 14.7. The van der Waals surface area contributed by atoms with E-state index in [1.165, 1.54) is 35.4 Å². The van der Waals surface area contributed by atoms with Crippen molar-refractivity contribution in [2.45, 2.75) is 6.92 Å². The fourth-order valence-electron chi connectivity index (χ4n) is 2.96. The van der Waals surface area contributed by atoms with Crippen LogP contribution in [0.1, 0.15) is 11.4 Å². The Morgan fingerprint density at radius 1 is 1.21 bits per heavy atom. The van der Waals surface area contributed by atoms with Crippen LogP contribution < -0.4 is 10.3 Å². The number of phenolic OH excluding ortho intramolecular Hbond substituents is 1. The lowest BCUT2D eigenvalue weighted by atomic mass is 10.1. The van der Waals surface area contributed by atoms with Gasteiger partial charge in [0, 0.05) is 10.9 Å². The predicted octanol–water partition coefficient (Wildman–Crippen LogP) is 4.03. The van der Waals surface area contributed by atoms with E-state index in [-0.39, 0.29) is 11.3 Å². The molecule has 4 aromatic rings. The maximum Gasteiger partial charge on any atom is 0.283 e. The van der Waals surface area contributed by atoms with Gasteiger partial charge in [0.2, 0.25) is 0 Å². The number of aryl methyl sites for hydroxylation is 1. The highest BCUT2D eigenvalue weighted by molar-refractivity contribution is 7.17. The summed E-state index contributed by atoms with van der Waals surface area (Å²) in [7, 11) is 1.48. The first-order chi connectivity index (χ1) is 13.6. The second-order valence-electron chi connectivity index (χ2n) is 6.15. The second-order valence-corrected chi connectivity index (χ2v) is 7.01. The number of benzene rings is 2. The molecule has 4 rings (SSSR count). The average molecular weight is 391 g/mol. The van der Waals surface area contributed by atoms with E-state index < -0.39 is 0 Å². The van der Waals surface area contributed by atoms with E-state index in [1.807, 2.05) is 35.7 Å². The van der Waals surface area contributed by atoms with Crippen LogP contribution in [0.2, 0.25) is 0 Å². The first-order valence-corrected chi connectivity index (χ1v) is 9.44. The molecule has 0 saturated carbocycles. The van der Waals surface area contributed by atoms with Crippen molar-refractivity contribution in [3.63, 3.8) is 0 Å². The molecule has 1 N–H and O–H groups in total. The van der Waals surface area contributed by atoms with Gasteiger partial charge in [0.1, 0.15) is 10.7 Å². The topological polar surface area (TPSA) is 76.7 Å². The van der Waals surface area contributed by atoms with Crippen LogP contribution in [0.25, 0.3) is 21.3 Å². The largest absolute Gasteiger partial charge is 0.504 e. The van der Waals surface area contributed by atoms with Crippen LogP contribution in [0.4, 0.5) is 0 Å². The zero-order chi connectivity index (χ0) is 19.7. The Balaban J connectivity index is 1.81. The number of thiophene rings is 1. The van der Waals surface area contributed by atoms with Crippen LogP contribution in [-0.2, 0) is 0 Å². The van der Waals surface area contributed by atoms with E-state index in [0.29, 0.717) is 27.4 Å². The highest BCUT2D eigenvalue weighted by Crippen LogP contribution is 2.30. The zero-order valence-corrected chi connectivity index (χ0v) is 16.1. The van der Waals surface area contributed by atoms with E-state index in [9.17, 15) is 9.90 Å². The number of aromatic nitrogens is 2. The van der Waals surface area contributed by atoms with Crippen molar-refractivity contribution >= 4 is 27.8 Å². The average Bonchev–Trinajstić information content (AvgIpc) is 3.12. The van der Waals surface area contributed by atoms with Gasteiger partial charge in [0.25, 0.3) is 5.56 Å². The summed E-state index contributed by atoms with van der Waals surface area (Å²) in [5, 5.41) is 16.7. The predicted molar refractivity (Wildman–Crippen MR) is 112 cm³/mol. The number of ether oxygens (including phenoxy) is 1. The smallest absolute Gasteiger partial charge is 0.283 e. The van der Waals surface area contributed by atoms with E-state index in [1.54, 1.807) is 19.1 Å². The summed E-state index contributed by atoms with van der Waals surface area (Å²) < 4.78 is 6.32. The number of aromatic hydroxyl groups is 1. The minimum absolute atomic E-state index is 0.00768. The molecule has 7 heteroatoms. The molecule has 0 aliphatic carbocycles. The van der Waals surface area contributed by atoms with Gasteiger partial charge in [-0.25, -0.2) is 4.98 Å². The summed E-state index contributed by atoms with van der Waals surface area (Å²) in [5.74, 6) is 0.876. The number of hydrogen-bond donors (Lipinski definition) is 1. The van der Waals surface area contributed by atoms with Gasteiger partial charge in [0.05, 0.1) is 18.7 Å². The van der Waals surface area contributed by atoms with Gasteiger partial charge in [-0.1, -0.05) is 30.3 Å². The van der Waals surface area contributed by atoms with E-state index >= 15 is 0 Å². The highest BCUT2D eigenvalue weighted by Gasteiger charge is 2.15. The lowest BCUT2D eigenvalue weighted by molar-refractivity contribution is 0.373. The van der Waals surface area contributed by atoms with Crippen LogP contribution in [0.5, 0.6) is 11.5 Å². The fourth-order valence-corrected chi connectivity index (χ4v) is 3.95. The molecule has 0 atom stereocenters. The van der Waals surface area contributed by atoms with Gasteiger partial charge in [0.15, 0.2) is 11.5 Å². The van der Waals surface area contributed by atoms with Crippen molar-refractivity contribution in [3.05, 3.63) is 75.7 Å². The molecule has 6 nitrogen and oxygen atoms in total. The van der Waals surface area contributed by atoms with Crippen LogP contribution >= 0.6 is 11.3 Å². The molecule has 28 heavy (non-hydrogen) atoms. The van der Waals surface area contributed by atoms with Crippen LogP contribution in [0, 0.1) is 6.92 Å². The Labute approximate surface area is 165 Å². The van der Waals surface area contributed by atoms with Crippen molar-refractivity contribution < 1.29 is 9.84 Å². The third-order valence-electron chi connectivity index (χ3n) is 4.36. The Morgan fingerprint density at radius 3 is 2.71 bits per heavy atom. The standard InChI is InChI=1S/C21H17N3O3S/c1-13-23-20-19(16(12-28-20)15-6-4-3-5-7-15)21(26)24(13)22-11-14-8-9-18(27-2)17(25)10-14/h3-12,25H,1-2H3/b22-11+. The van der Waals surface area contributed by atoms with E-state index in [0.717, 1.165) is 11.1 Å². The molecular weight excluding hydrogens is 374 g/mol. The molecule has 140 valence electrons. The number of methoxy groups -OCH3 is 1. The van der Waals surface area contributed by atoms with Crippen LogP contribution in [0.3, 0.4) is 0 Å². The zero-order valence-electron chi connectivity index (χ0n) is 15.3. The molecule has 0 unspecified atom stereocenters. The molecule has 2 aromatic heterocycles. The highest BCUT2D eigenvalue weighted by atomic mass is 32.1. The summed E-state index contributed by atoms with van der Waals surface area (Å²) in [4.78, 5) is 18.4. The maximum absolute atomic E-state index is 13.1. The number of rotatable bonds is 4. The molecule has 0 aliphatic rings. The molecule has 0 spiro atoms. The van der Waals surface area contributed by atoms with Crippen molar-refractivity contribution in [2.24, 2.45) is 5.10 Å². The SMILES string of the molecule is COc1ccc(/C=N/n2c(C)nc3scc(-c4ccccc4)c3c2=O)cc1O. The fraction of sp³-hybridized carbons (Fsp3) is 0.0952. The van der Waals surface area contributed by atoms with Crippen LogP contribution in [-0.4, -0.2) is 28.1 Å². The third-order valence-corrected chi connectivity index (χ3v) is 5.23. The van der Waals surface area contributed by atoms with Crippen molar-refractivity contribution in [1.29, 1.82) is 0 Å². The maximum atomic E-state index is 13.1.